The molecule has 0 fully saturated rings. The van der Waals surface area contributed by atoms with Crippen molar-refractivity contribution in [1.29, 1.82) is 0 Å². The minimum Gasteiger partial charge on any atom is -0.497 e. The second-order valence-corrected chi connectivity index (χ2v) is 3.47. The van der Waals surface area contributed by atoms with Crippen LogP contribution in [0.3, 0.4) is 0 Å². The van der Waals surface area contributed by atoms with Gasteiger partial charge >= 0.3 is 0 Å². The molecule has 0 radical (unpaired) electrons. The van der Waals surface area contributed by atoms with Gasteiger partial charge < -0.3 is 14.5 Å². The molecule has 0 aliphatic heterocycles. The lowest BCUT2D eigenvalue weighted by Gasteiger charge is -2.00. The largest absolute Gasteiger partial charge is 0.497 e. The van der Waals surface area contributed by atoms with E-state index in [0.717, 1.165) is 22.3 Å². The van der Waals surface area contributed by atoms with Gasteiger partial charge in [-0.15, -0.1) is 0 Å². The zero-order valence-electron chi connectivity index (χ0n) is 9.24. The fourth-order valence-corrected chi connectivity index (χ4v) is 1.59. The summed E-state index contributed by atoms with van der Waals surface area (Å²) in [7, 11) is 3.23. The number of rotatable bonds is 3. The monoisotopic (exact) mass is 219 g/mol. The number of ether oxygens (including phenoxy) is 1. The lowest BCUT2D eigenvalue weighted by molar-refractivity contribution is -0.119. The highest BCUT2D eigenvalue weighted by atomic mass is 16.5. The second kappa shape index (κ2) is 4.26. The van der Waals surface area contributed by atoms with Crippen LogP contribution in [0.2, 0.25) is 0 Å². The minimum absolute atomic E-state index is 0.0366. The predicted octanol–water partition coefficient (Wildman–Crippen LogP) is 1.73. The number of methoxy groups -OCH3 is 1. The highest BCUT2D eigenvalue weighted by molar-refractivity contribution is 5.88. The van der Waals surface area contributed by atoms with Crippen molar-refractivity contribution in [2.75, 3.05) is 14.2 Å². The van der Waals surface area contributed by atoms with Crippen molar-refractivity contribution in [3.05, 3.63) is 30.0 Å². The van der Waals surface area contributed by atoms with Crippen LogP contribution in [-0.4, -0.2) is 20.1 Å². The first-order valence-corrected chi connectivity index (χ1v) is 4.99. The molecule has 2 aromatic rings. The maximum atomic E-state index is 11.3. The summed E-state index contributed by atoms with van der Waals surface area (Å²) in [5, 5.41) is 3.50. The number of carbonyl (C=O) groups is 1. The molecule has 0 bridgehead atoms. The molecule has 0 spiro atoms. The molecule has 4 nitrogen and oxygen atoms in total. The van der Waals surface area contributed by atoms with E-state index in [1.54, 1.807) is 20.4 Å². The molecule has 0 unspecified atom stereocenters. The Hall–Kier alpha value is -1.97. The van der Waals surface area contributed by atoms with Gasteiger partial charge in [-0.2, -0.15) is 0 Å². The molecule has 0 atom stereocenters. The third-order valence-corrected chi connectivity index (χ3v) is 2.49. The van der Waals surface area contributed by atoms with Gasteiger partial charge in [0.05, 0.1) is 19.8 Å². The molecule has 0 aliphatic rings. The SMILES string of the molecule is CNC(=O)Cc1coc2ccc(OC)cc12. The first-order valence-electron chi connectivity index (χ1n) is 4.99. The van der Waals surface area contributed by atoms with Crippen molar-refractivity contribution in [3.8, 4) is 5.75 Å². The maximum absolute atomic E-state index is 11.3. The van der Waals surface area contributed by atoms with Gasteiger partial charge in [-0.05, 0) is 18.2 Å². The molecular formula is C12H13NO3. The Morgan fingerprint density at radius 1 is 1.50 bits per heavy atom. The standard InChI is InChI=1S/C12H13NO3/c1-13-12(14)5-8-7-16-11-4-3-9(15-2)6-10(8)11/h3-4,6-7H,5H2,1-2H3,(H,13,14). The normalized spacial score (nSPS) is 10.4. The number of hydrogen-bond donors (Lipinski definition) is 1. The molecule has 0 saturated carbocycles. The fourth-order valence-electron chi connectivity index (χ4n) is 1.59. The van der Waals surface area contributed by atoms with Gasteiger partial charge in [-0.3, -0.25) is 4.79 Å². The number of amides is 1. The predicted molar refractivity (Wildman–Crippen MR) is 60.5 cm³/mol. The van der Waals surface area contributed by atoms with Crippen molar-refractivity contribution in [2.24, 2.45) is 0 Å². The summed E-state index contributed by atoms with van der Waals surface area (Å²) in [6.07, 6.45) is 1.93. The topological polar surface area (TPSA) is 51.5 Å². The first-order chi connectivity index (χ1) is 7.74. The molecule has 1 aromatic carbocycles. The number of fused-ring (bicyclic) bond motifs is 1. The number of nitrogens with one attached hydrogen (secondary N) is 1. The van der Waals surface area contributed by atoms with E-state index in [2.05, 4.69) is 5.32 Å². The summed E-state index contributed by atoms with van der Waals surface area (Å²) < 4.78 is 10.5. The third-order valence-electron chi connectivity index (χ3n) is 2.49. The van der Waals surface area contributed by atoms with Gasteiger partial charge in [0.2, 0.25) is 5.91 Å². The zero-order valence-corrected chi connectivity index (χ0v) is 9.24. The van der Waals surface area contributed by atoms with Crippen molar-refractivity contribution >= 4 is 16.9 Å². The molecule has 0 aliphatic carbocycles. The fraction of sp³-hybridized carbons (Fsp3) is 0.250. The smallest absolute Gasteiger partial charge is 0.224 e. The highest BCUT2D eigenvalue weighted by Crippen LogP contribution is 2.25. The Balaban J connectivity index is 2.41. The summed E-state index contributed by atoms with van der Waals surface area (Å²) in [5.74, 6) is 0.720. The zero-order chi connectivity index (χ0) is 11.5. The van der Waals surface area contributed by atoms with E-state index in [-0.39, 0.29) is 5.91 Å². The molecule has 1 N–H and O–H groups in total. The lowest BCUT2D eigenvalue weighted by Crippen LogP contribution is -2.19. The number of benzene rings is 1. The first kappa shape index (κ1) is 10.5. The van der Waals surface area contributed by atoms with Crippen LogP contribution in [0.25, 0.3) is 11.0 Å². The van der Waals surface area contributed by atoms with Crippen LogP contribution in [0.4, 0.5) is 0 Å². The third kappa shape index (κ3) is 1.86. The van der Waals surface area contributed by atoms with Gasteiger partial charge in [0, 0.05) is 18.0 Å². The number of carbonyl (C=O) groups excluding carboxylic acids is 1. The second-order valence-electron chi connectivity index (χ2n) is 3.47. The molecule has 4 heteroatoms. The van der Waals surface area contributed by atoms with Crippen molar-refractivity contribution in [3.63, 3.8) is 0 Å². The Kier molecular flexibility index (Phi) is 2.81. The molecule has 84 valence electrons. The van der Waals surface area contributed by atoms with E-state index in [4.69, 9.17) is 9.15 Å². The van der Waals surface area contributed by atoms with E-state index in [1.165, 1.54) is 0 Å². The van der Waals surface area contributed by atoms with Gasteiger partial charge in [-0.1, -0.05) is 0 Å². The summed E-state index contributed by atoms with van der Waals surface area (Å²) in [6.45, 7) is 0. The quantitative estimate of drug-likeness (QED) is 0.855. The van der Waals surface area contributed by atoms with Crippen LogP contribution in [0, 0.1) is 0 Å². The Morgan fingerprint density at radius 3 is 3.00 bits per heavy atom. The highest BCUT2D eigenvalue weighted by Gasteiger charge is 2.10. The number of likely N-dealkylation sites (N-methyl/N-ethyl adjacent to an activating group) is 1. The molecule has 1 amide bonds. The molecule has 0 saturated heterocycles. The van der Waals surface area contributed by atoms with E-state index >= 15 is 0 Å². The summed E-state index contributed by atoms with van der Waals surface area (Å²) in [5.41, 5.74) is 1.63. The van der Waals surface area contributed by atoms with Gasteiger partial charge in [0.15, 0.2) is 0 Å². The number of hydrogen-bond acceptors (Lipinski definition) is 3. The number of furan rings is 1. The van der Waals surface area contributed by atoms with Crippen LogP contribution in [0.1, 0.15) is 5.56 Å². The Labute approximate surface area is 93.2 Å². The minimum atomic E-state index is -0.0366. The van der Waals surface area contributed by atoms with E-state index in [9.17, 15) is 4.79 Å². The maximum Gasteiger partial charge on any atom is 0.224 e. The average Bonchev–Trinajstić information content (AvgIpc) is 2.71. The van der Waals surface area contributed by atoms with Crippen molar-refractivity contribution in [2.45, 2.75) is 6.42 Å². The molecule has 1 aromatic heterocycles. The molecule has 2 rings (SSSR count). The van der Waals surface area contributed by atoms with E-state index < -0.39 is 0 Å². The summed E-state index contributed by atoms with van der Waals surface area (Å²) in [4.78, 5) is 11.3. The summed E-state index contributed by atoms with van der Waals surface area (Å²) in [6, 6.07) is 5.54. The summed E-state index contributed by atoms with van der Waals surface area (Å²) >= 11 is 0. The van der Waals surface area contributed by atoms with Crippen LogP contribution >= 0.6 is 0 Å². The molecule has 1 heterocycles. The van der Waals surface area contributed by atoms with Crippen LogP contribution in [0.15, 0.2) is 28.9 Å². The van der Waals surface area contributed by atoms with Crippen LogP contribution in [0.5, 0.6) is 5.75 Å². The molecular weight excluding hydrogens is 206 g/mol. The van der Waals surface area contributed by atoms with Crippen LogP contribution < -0.4 is 10.1 Å². The van der Waals surface area contributed by atoms with Gasteiger partial charge in [0.1, 0.15) is 11.3 Å². The Bertz CT molecular complexity index is 516. The van der Waals surface area contributed by atoms with Gasteiger partial charge in [0.25, 0.3) is 0 Å². The Morgan fingerprint density at radius 2 is 2.31 bits per heavy atom. The van der Waals surface area contributed by atoms with Crippen LogP contribution in [-0.2, 0) is 11.2 Å². The van der Waals surface area contributed by atoms with E-state index in [0.29, 0.717) is 6.42 Å². The lowest BCUT2D eigenvalue weighted by atomic mass is 10.1. The average molecular weight is 219 g/mol. The van der Waals surface area contributed by atoms with E-state index in [1.807, 2.05) is 18.2 Å². The van der Waals surface area contributed by atoms with Gasteiger partial charge in [-0.25, -0.2) is 0 Å². The van der Waals surface area contributed by atoms with Crippen molar-refractivity contribution < 1.29 is 13.9 Å². The van der Waals surface area contributed by atoms with Crippen molar-refractivity contribution in [1.82, 2.24) is 5.32 Å². The molecule has 16 heavy (non-hydrogen) atoms.